The summed E-state index contributed by atoms with van der Waals surface area (Å²) in [5.41, 5.74) is 5.22. The minimum absolute atomic E-state index is 0.307. The summed E-state index contributed by atoms with van der Waals surface area (Å²) in [5.74, 6) is -0.421. The first-order valence-corrected chi connectivity index (χ1v) is 6.09. The molecule has 0 fully saturated rings. The van der Waals surface area contributed by atoms with E-state index in [-0.39, 0.29) is 0 Å². The highest BCUT2D eigenvalue weighted by molar-refractivity contribution is 5.82. The molecule has 20 heavy (non-hydrogen) atoms. The standard InChI is InChI=1S/C14H17F3N2O/c1-3-5-12(18)13(20)19-9(2)10-6-4-7-11(8-10)14(15,16)17/h3-4,6-9,12H,1,5,18H2,2H3,(H,19,20). The Kier molecular flexibility index (Phi) is 5.33. The lowest BCUT2D eigenvalue weighted by Gasteiger charge is -2.18. The van der Waals surface area contributed by atoms with Crippen LogP contribution < -0.4 is 11.1 Å². The van der Waals surface area contributed by atoms with Crippen molar-refractivity contribution in [3.8, 4) is 0 Å². The van der Waals surface area contributed by atoms with E-state index in [0.717, 1.165) is 12.1 Å². The fourth-order valence-electron chi connectivity index (χ4n) is 1.67. The van der Waals surface area contributed by atoms with Crippen molar-refractivity contribution in [2.24, 2.45) is 5.73 Å². The molecule has 0 aliphatic heterocycles. The van der Waals surface area contributed by atoms with Gasteiger partial charge in [-0.1, -0.05) is 18.2 Å². The summed E-state index contributed by atoms with van der Waals surface area (Å²) in [6, 6.07) is 3.54. The molecule has 1 aromatic carbocycles. The summed E-state index contributed by atoms with van der Waals surface area (Å²) in [5, 5.41) is 2.58. The molecule has 0 spiro atoms. The van der Waals surface area contributed by atoms with E-state index in [9.17, 15) is 18.0 Å². The van der Waals surface area contributed by atoms with Crippen LogP contribution >= 0.6 is 0 Å². The molecule has 1 amide bonds. The number of rotatable bonds is 5. The van der Waals surface area contributed by atoms with Crippen LogP contribution in [0, 0.1) is 0 Å². The number of amides is 1. The molecule has 3 N–H and O–H groups in total. The molecule has 6 heteroatoms. The lowest BCUT2D eigenvalue weighted by atomic mass is 10.0. The smallest absolute Gasteiger partial charge is 0.348 e. The van der Waals surface area contributed by atoms with E-state index >= 15 is 0 Å². The van der Waals surface area contributed by atoms with Crippen LogP contribution in [-0.2, 0) is 11.0 Å². The summed E-state index contributed by atoms with van der Waals surface area (Å²) in [7, 11) is 0. The maximum atomic E-state index is 12.6. The minimum Gasteiger partial charge on any atom is -0.348 e. The molecule has 1 rings (SSSR count). The van der Waals surface area contributed by atoms with E-state index in [4.69, 9.17) is 5.73 Å². The third kappa shape index (κ3) is 4.38. The fraction of sp³-hybridized carbons (Fsp3) is 0.357. The van der Waals surface area contributed by atoms with E-state index in [1.54, 1.807) is 6.92 Å². The molecule has 2 unspecified atom stereocenters. The van der Waals surface area contributed by atoms with Crippen LogP contribution in [0.15, 0.2) is 36.9 Å². The highest BCUT2D eigenvalue weighted by Crippen LogP contribution is 2.30. The van der Waals surface area contributed by atoms with Gasteiger partial charge in [0.1, 0.15) is 0 Å². The number of nitrogens with two attached hydrogens (primary N) is 1. The summed E-state index contributed by atoms with van der Waals surface area (Å²) in [4.78, 5) is 11.7. The second kappa shape index (κ2) is 6.56. The number of carbonyl (C=O) groups excluding carboxylic acids is 1. The lowest BCUT2D eigenvalue weighted by molar-refractivity contribution is -0.137. The monoisotopic (exact) mass is 286 g/mol. The molecule has 0 aromatic heterocycles. The van der Waals surface area contributed by atoms with Gasteiger partial charge in [0.2, 0.25) is 5.91 Å². The first-order valence-electron chi connectivity index (χ1n) is 6.09. The molecule has 110 valence electrons. The molecule has 0 heterocycles. The van der Waals surface area contributed by atoms with Gasteiger partial charge in [-0.2, -0.15) is 13.2 Å². The van der Waals surface area contributed by atoms with Crippen LogP contribution in [0.3, 0.4) is 0 Å². The summed E-state index contributed by atoms with van der Waals surface area (Å²) in [6.45, 7) is 5.08. The zero-order chi connectivity index (χ0) is 15.3. The SMILES string of the molecule is C=CCC(N)C(=O)NC(C)c1cccc(C(F)(F)F)c1. The van der Waals surface area contributed by atoms with Crippen LogP contribution in [0.4, 0.5) is 13.2 Å². The van der Waals surface area contributed by atoms with Crippen molar-refractivity contribution < 1.29 is 18.0 Å². The average Bonchev–Trinajstić information content (AvgIpc) is 2.38. The van der Waals surface area contributed by atoms with Gasteiger partial charge in [0.05, 0.1) is 17.6 Å². The van der Waals surface area contributed by atoms with Crippen LogP contribution in [0.5, 0.6) is 0 Å². The average molecular weight is 286 g/mol. The van der Waals surface area contributed by atoms with Crippen molar-refractivity contribution in [2.45, 2.75) is 31.6 Å². The van der Waals surface area contributed by atoms with Crippen molar-refractivity contribution in [1.82, 2.24) is 5.32 Å². The Morgan fingerprint density at radius 3 is 2.70 bits per heavy atom. The first-order chi connectivity index (χ1) is 9.25. The Labute approximate surface area is 115 Å². The largest absolute Gasteiger partial charge is 0.416 e. The highest BCUT2D eigenvalue weighted by Gasteiger charge is 2.30. The van der Waals surface area contributed by atoms with Crippen LogP contribution in [0.1, 0.15) is 30.5 Å². The number of hydrogen-bond acceptors (Lipinski definition) is 2. The van der Waals surface area contributed by atoms with Gasteiger partial charge < -0.3 is 11.1 Å². The highest BCUT2D eigenvalue weighted by atomic mass is 19.4. The predicted octanol–water partition coefficient (Wildman–Crippen LogP) is 2.79. The van der Waals surface area contributed by atoms with Crippen LogP contribution in [0.2, 0.25) is 0 Å². The van der Waals surface area contributed by atoms with Gasteiger partial charge in [0.25, 0.3) is 0 Å². The summed E-state index contributed by atoms with van der Waals surface area (Å²) >= 11 is 0. The molecule has 0 saturated carbocycles. The quantitative estimate of drug-likeness (QED) is 0.818. The van der Waals surface area contributed by atoms with Gasteiger partial charge >= 0.3 is 6.18 Å². The topological polar surface area (TPSA) is 55.1 Å². The zero-order valence-corrected chi connectivity index (χ0v) is 11.1. The summed E-state index contributed by atoms with van der Waals surface area (Å²) in [6.07, 6.45) is -2.58. The minimum atomic E-state index is -4.40. The molecule has 0 bridgehead atoms. The van der Waals surface area contributed by atoms with Crippen LogP contribution in [0.25, 0.3) is 0 Å². The van der Waals surface area contributed by atoms with Crippen molar-refractivity contribution in [1.29, 1.82) is 0 Å². The first kappa shape index (κ1) is 16.2. The van der Waals surface area contributed by atoms with E-state index in [0.29, 0.717) is 12.0 Å². The van der Waals surface area contributed by atoms with Gasteiger partial charge in [0.15, 0.2) is 0 Å². The maximum Gasteiger partial charge on any atom is 0.416 e. The molecule has 0 saturated heterocycles. The molecule has 0 aliphatic carbocycles. The number of halogens is 3. The summed E-state index contributed by atoms with van der Waals surface area (Å²) < 4.78 is 37.8. The second-order valence-electron chi connectivity index (χ2n) is 4.48. The van der Waals surface area contributed by atoms with Crippen LogP contribution in [-0.4, -0.2) is 11.9 Å². The van der Waals surface area contributed by atoms with Crippen molar-refractivity contribution in [3.63, 3.8) is 0 Å². The number of carbonyl (C=O) groups is 1. The number of hydrogen-bond donors (Lipinski definition) is 2. The number of benzene rings is 1. The van der Waals surface area contributed by atoms with Crippen molar-refractivity contribution in [2.75, 3.05) is 0 Å². The molecule has 2 atom stereocenters. The van der Waals surface area contributed by atoms with Crippen molar-refractivity contribution >= 4 is 5.91 Å². The molecule has 1 aromatic rings. The van der Waals surface area contributed by atoms with Crippen molar-refractivity contribution in [3.05, 3.63) is 48.0 Å². The van der Waals surface area contributed by atoms with E-state index in [1.165, 1.54) is 18.2 Å². The van der Waals surface area contributed by atoms with Gasteiger partial charge in [-0.15, -0.1) is 6.58 Å². The van der Waals surface area contributed by atoms with Gasteiger partial charge in [0, 0.05) is 0 Å². The number of alkyl halides is 3. The molecule has 0 radical (unpaired) electrons. The molecule has 3 nitrogen and oxygen atoms in total. The maximum absolute atomic E-state index is 12.6. The Morgan fingerprint density at radius 2 is 2.15 bits per heavy atom. The molecular weight excluding hydrogens is 269 g/mol. The Balaban J connectivity index is 2.80. The zero-order valence-electron chi connectivity index (χ0n) is 11.1. The molecular formula is C14H17F3N2O. The molecule has 0 aliphatic rings. The Hall–Kier alpha value is -1.82. The lowest BCUT2D eigenvalue weighted by Crippen LogP contribution is -2.41. The number of nitrogens with one attached hydrogen (secondary N) is 1. The van der Waals surface area contributed by atoms with E-state index < -0.39 is 29.7 Å². The van der Waals surface area contributed by atoms with E-state index in [2.05, 4.69) is 11.9 Å². The van der Waals surface area contributed by atoms with Gasteiger partial charge in [-0.25, -0.2) is 0 Å². The second-order valence-corrected chi connectivity index (χ2v) is 4.48. The van der Waals surface area contributed by atoms with E-state index in [1.807, 2.05) is 0 Å². The predicted molar refractivity (Wildman–Crippen MR) is 70.8 cm³/mol. The van der Waals surface area contributed by atoms with Gasteiger partial charge in [-0.05, 0) is 31.0 Å². The Morgan fingerprint density at radius 1 is 1.50 bits per heavy atom. The fourth-order valence-corrected chi connectivity index (χ4v) is 1.67. The van der Waals surface area contributed by atoms with Gasteiger partial charge in [-0.3, -0.25) is 4.79 Å². The normalized spacial score (nSPS) is 14.4. The Bertz CT molecular complexity index is 486. The third-order valence-corrected chi connectivity index (χ3v) is 2.83. The third-order valence-electron chi connectivity index (χ3n) is 2.83.